The van der Waals surface area contributed by atoms with E-state index in [4.69, 9.17) is 4.74 Å². The highest BCUT2D eigenvalue weighted by atomic mass is 16.5. The molecule has 1 aliphatic heterocycles. The Kier molecular flexibility index (Phi) is 4.54. The molecule has 1 rings (SSSR count). The van der Waals surface area contributed by atoms with Gasteiger partial charge in [0.15, 0.2) is 0 Å². The van der Waals surface area contributed by atoms with E-state index in [2.05, 4.69) is 4.74 Å². The fourth-order valence-corrected chi connectivity index (χ4v) is 1.42. The molecule has 0 saturated carbocycles. The minimum absolute atomic E-state index is 0.281. The largest absolute Gasteiger partial charge is 0.466 e. The molecule has 13 heavy (non-hydrogen) atoms. The molecule has 0 aromatic rings. The van der Waals surface area contributed by atoms with Gasteiger partial charge in [0.25, 0.3) is 0 Å². The Morgan fingerprint density at radius 1 is 1.69 bits per heavy atom. The highest BCUT2D eigenvalue weighted by Crippen LogP contribution is 2.17. The number of ether oxygens (including phenoxy) is 2. The van der Waals surface area contributed by atoms with E-state index in [9.17, 15) is 4.79 Å². The fraction of sp³-hybridized carbons (Fsp3) is 0.700. The molecule has 0 radical (unpaired) electrons. The first-order valence-electron chi connectivity index (χ1n) is 4.65. The third kappa shape index (κ3) is 4.08. The number of hydrogen-bond donors (Lipinski definition) is 0. The van der Waals surface area contributed by atoms with Crippen molar-refractivity contribution in [2.45, 2.75) is 19.3 Å². The molecule has 1 heterocycles. The molecule has 1 unspecified atom stereocenters. The van der Waals surface area contributed by atoms with E-state index in [1.54, 1.807) is 0 Å². The topological polar surface area (TPSA) is 35.5 Å². The van der Waals surface area contributed by atoms with Crippen molar-refractivity contribution in [2.24, 2.45) is 5.92 Å². The molecule has 0 bridgehead atoms. The number of allylic oxidation sites excluding steroid dienone is 1. The van der Waals surface area contributed by atoms with E-state index in [0.29, 0.717) is 5.92 Å². The van der Waals surface area contributed by atoms with Crippen molar-refractivity contribution in [1.29, 1.82) is 0 Å². The van der Waals surface area contributed by atoms with E-state index in [0.717, 1.165) is 26.1 Å². The lowest BCUT2D eigenvalue weighted by molar-refractivity contribution is -0.134. The summed E-state index contributed by atoms with van der Waals surface area (Å²) in [5.41, 5.74) is 0. The van der Waals surface area contributed by atoms with Crippen LogP contribution < -0.4 is 0 Å². The molecule has 0 aliphatic carbocycles. The molecule has 0 aromatic carbocycles. The molecular formula is C10H16O3. The first-order valence-corrected chi connectivity index (χ1v) is 4.65. The van der Waals surface area contributed by atoms with Crippen LogP contribution in [0.3, 0.4) is 0 Å². The van der Waals surface area contributed by atoms with Crippen LogP contribution in [0.2, 0.25) is 0 Å². The average molecular weight is 184 g/mol. The second-order valence-electron chi connectivity index (χ2n) is 3.24. The summed E-state index contributed by atoms with van der Waals surface area (Å²) in [5, 5.41) is 0. The lowest BCUT2D eigenvalue weighted by Gasteiger charge is -2.20. The van der Waals surface area contributed by atoms with Crippen molar-refractivity contribution >= 4 is 5.97 Å². The van der Waals surface area contributed by atoms with Crippen LogP contribution in [0.5, 0.6) is 0 Å². The Morgan fingerprint density at radius 3 is 3.15 bits per heavy atom. The Bertz CT molecular complexity index is 181. The molecular weight excluding hydrogens is 168 g/mol. The van der Waals surface area contributed by atoms with Crippen LogP contribution in [0, 0.1) is 5.92 Å². The third-order valence-corrected chi connectivity index (χ3v) is 2.18. The van der Waals surface area contributed by atoms with Crippen LogP contribution in [-0.2, 0) is 14.3 Å². The molecule has 74 valence electrons. The molecule has 1 saturated heterocycles. The zero-order valence-corrected chi connectivity index (χ0v) is 7.99. The van der Waals surface area contributed by atoms with Gasteiger partial charge < -0.3 is 9.47 Å². The van der Waals surface area contributed by atoms with Gasteiger partial charge in [-0.05, 0) is 25.2 Å². The molecule has 0 amide bonds. The first kappa shape index (κ1) is 10.3. The summed E-state index contributed by atoms with van der Waals surface area (Å²) < 4.78 is 9.80. The number of rotatable bonds is 3. The van der Waals surface area contributed by atoms with E-state index >= 15 is 0 Å². The smallest absolute Gasteiger partial charge is 0.330 e. The first-order chi connectivity index (χ1) is 6.33. The van der Waals surface area contributed by atoms with Crippen LogP contribution in [0.4, 0.5) is 0 Å². The van der Waals surface area contributed by atoms with E-state index in [1.807, 2.05) is 6.08 Å². The third-order valence-electron chi connectivity index (χ3n) is 2.18. The maximum atomic E-state index is 10.7. The highest BCUT2D eigenvalue weighted by molar-refractivity contribution is 5.81. The maximum absolute atomic E-state index is 10.7. The van der Waals surface area contributed by atoms with Gasteiger partial charge >= 0.3 is 5.97 Å². The van der Waals surface area contributed by atoms with Gasteiger partial charge in [0.05, 0.1) is 7.11 Å². The van der Waals surface area contributed by atoms with Gasteiger partial charge in [-0.3, -0.25) is 0 Å². The Hall–Kier alpha value is -0.830. The number of hydrogen-bond acceptors (Lipinski definition) is 3. The quantitative estimate of drug-likeness (QED) is 0.493. The maximum Gasteiger partial charge on any atom is 0.330 e. The number of carbonyl (C=O) groups is 1. The summed E-state index contributed by atoms with van der Waals surface area (Å²) in [4.78, 5) is 10.7. The molecule has 3 heteroatoms. The summed E-state index contributed by atoms with van der Waals surface area (Å²) in [7, 11) is 1.39. The van der Waals surface area contributed by atoms with Crippen LogP contribution >= 0.6 is 0 Å². The number of methoxy groups -OCH3 is 1. The second-order valence-corrected chi connectivity index (χ2v) is 3.24. The fourth-order valence-electron chi connectivity index (χ4n) is 1.42. The lowest BCUT2D eigenvalue weighted by atomic mass is 9.98. The Balaban J connectivity index is 2.16. The van der Waals surface area contributed by atoms with Crippen LogP contribution in [0.15, 0.2) is 12.2 Å². The summed E-state index contributed by atoms with van der Waals surface area (Å²) in [6, 6.07) is 0. The minimum atomic E-state index is -0.281. The van der Waals surface area contributed by atoms with Gasteiger partial charge in [-0.25, -0.2) is 4.79 Å². The Labute approximate surface area is 78.7 Å². The van der Waals surface area contributed by atoms with E-state index in [-0.39, 0.29) is 5.97 Å². The molecule has 1 atom stereocenters. The van der Waals surface area contributed by atoms with Gasteiger partial charge in [0.2, 0.25) is 0 Å². The van der Waals surface area contributed by atoms with Gasteiger partial charge in [-0.2, -0.15) is 0 Å². The lowest BCUT2D eigenvalue weighted by Crippen LogP contribution is -2.16. The zero-order valence-electron chi connectivity index (χ0n) is 7.99. The summed E-state index contributed by atoms with van der Waals surface area (Å²) in [6.07, 6.45) is 6.59. The predicted octanol–water partition coefficient (Wildman–Crippen LogP) is 1.53. The highest BCUT2D eigenvalue weighted by Gasteiger charge is 2.11. The van der Waals surface area contributed by atoms with Crippen molar-refractivity contribution in [1.82, 2.24) is 0 Å². The predicted molar refractivity (Wildman–Crippen MR) is 49.3 cm³/mol. The average Bonchev–Trinajstić information content (AvgIpc) is 2.19. The van der Waals surface area contributed by atoms with Gasteiger partial charge in [-0.1, -0.05) is 6.08 Å². The summed E-state index contributed by atoms with van der Waals surface area (Å²) in [5.74, 6) is 0.298. The van der Waals surface area contributed by atoms with Gasteiger partial charge in [0, 0.05) is 19.3 Å². The van der Waals surface area contributed by atoms with Crippen LogP contribution in [0.1, 0.15) is 19.3 Å². The monoisotopic (exact) mass is 184 g/mol. The van der Waals surface area contributed by atoms with Crippen LogP contribution in [-0.4, -0.2) is 26.3 Å². The molecule has 0 aromatic heterocycles. The number of carbonyl (C=O) groups excluding carboxylic acids is 1. The minimum Gasteiger partial charge on any atom is -0.466 e. The molecule has 3 nitrogen and oxygen atoms in total. The van der Waals surface area contributed by atoms with Crippen molar-refractivity contribution in [3.63, 3.8) is 0 Å². The standard InChI is InChI=1S/C10H16O3/c1-12-10(11)6-2-4-9-5-3-7-13-8-9/h2,6,9H,3-5,7-8H2,1H3/b6-2-. The molecule has 0 spiro atoms. The normalized spacial score (nSPS) is 23.3. The van der Waals surface area contributed by atoms with Crippen molar-refractivity contribution in [2.75, 3.05) is 20.3 Å². The molecule has 0 N–H and O–H groups in total. The Morgan fingerprint density at radius 2 is 2.54 bits per heavy atom. The summed E-state index contributed by atoms with van der Waals surface area (Å²) >= 11 is 0. The van der Waals surface area contributed by atoms with Crippen molar-refractivity contribution in [3.8, 4) is 0 Å². The molecule has 1 aliphatic rings. The SMILES string of the molecule is COC(=O)/C=C\CC1CCCOC1. The van der Waals surface area contributed by atoms with Crippen LogP contribution in [0.25, 0.3) is 0 Å². The van der Waals surface area contributed by atoms with Crippen molar-refractivity contribution in [3.05, 3.63) is 12.2 Å². The van der Waals surface area contributed by atoms with E-state index < -0.39 is 0 Å². The second kappa shape index (κ2) is 5.75. The number of esters is 1. The van der Waals surface area contributed by atoms with Gasteiger partial charge in [-0.15, -0.1) is 0 Å². The van der Waals surface area contributed by atoms with Gasteiger partial charge in [0.1, 0.15) is 0 Å². The van der Waals surface area contributed by atoms with E-state index in [1.165, 1.54) is 19.6 Å². The zero-order chi connectivity index (χ0) is 9.52. The summed E-state index contributed by atoms with van der Waals surface area (Å²) in [6.45, 7) is 1.71. The van der Waals surface area contributed by atoms with Crippen molar-refractivity contribution < 1.29 is 14.3 Å². The molecule has 1 fully saturated rings.